The van der Waals surface area contributed by atoms with Crippen molar-refractivity contribution < 1.29 is 13.5 Å². The molecular formula is C10H10O3S2. The van der Waals surface area contributed by atoms with Crippen molar-refractivity contribution >= 4 is 21.2 Å². The van der Waals surface area contributed by atoms with Crippen molar-refractivity contribution in [2.24, 2.45) is 5.92 Å². The Labute approximate surface area is 92.7 Å². The number of hydrogen-bond donors (Lipinski definition) is 1. The molecule has 1 saturated heterocycles. The molecule has 2 heterocycles. The van der Waals surface area contributed by atoms with Gasteiger partial charge in [0.05, 0.1) is 23.5 Å². The van der Waals surface area contributed by atoms with E-state index in [1.54, 1.807) is 0 Å². The minimum Gasteiger partial charge on any atom is -0.391 e. The van der Waals surface area contributed by atoms with Gasteiger partial charge >= 0.3 is 0 Å². The molecule has 1 N–H and O–H groups in total. The number of sulfone groups is 1. The molecule has 1 aliphatic rings. The Hall–Kier alpha value is -0.830. The van der Waals surface area contributed by atoms with Crippen LogP contribution in [-0.2, 0) is 9.84 Å². The molecule has 1 aromatic heterocycles. The third-order valence-electron chi connectivity index (χ3n) is 2.25. The quantitative estimate of drug-likeness (QED) is 0.674. The Balaban J connectivity index is 2.14. The molecule has 0 aromatic carbocycles. The van der Waals surface area contributed by atoms with Gasteiger partial charge in [-0.05, 0) is 11.4 Å². The SMILES string of the molecule is O=S1(=O)C[C@@H](O)[C@H](C#Cc2ccsc2)C1. The molecule has 0 saturated carbocycles. The van der Waals surface area contributed by atoms with Crippen molar-refractivity contribution in [1.29, 1.82) is 0 Å². The highest BCUT2D eigenvalue weighted by Gasteiger charge is 2.35. The second-order valence-corrected chi connectivity index (χ2v) is 6.47. The number of aliphatic hydroxyl groups is 1. The molecule has 1 fully saturated rings. The van der Waals surface area contributed by atoms with Gasteiger partial charge in [-0.1, -0.05) is 11.8 Å². The Morgan fingerprint density at radius 1 is 1.47 bits per heavy atom. The van der Waals surface area contributed by atoms with Crippen molar-refractivity contribution in [2.45, 2.75) is 6.10 Å². The minimum atomic E-state index is -3.09. The van der Waals surface area contributed by atoms with E-state index < -0.39 is 21.9 Å². The number of thiophene rings is 1. The summed E-state index contributed by atoms with van der Waals surface area (Å²) in [6.45, 7) is 0. The monoisotopic (exact) mass is 242 g/mol. The molecule has 2 atom stereocenters. The molecule has 0 spiro atoms. The van der Waals surface area contributed by atoms with E-state index in [1.165, 1.54) is 11.3 Å². The second-order valence-electron chi connectivity index (χ2n) is 3.53. The summed E-state index contributed by atoms with van der Waals surface area (Å²) >= 11 is 1.54. The summed E-state index contributed by atoms with van der Waals surface area (Å²) < 4.78 is 22.4. The lowest BCUT2D eigenvalue weighted by atomic mass is 10.1. The maximum absolute atomic E-state index is 11.2. The second kappa shape index (κ2) is 3.97. The first-order chi connectivity index (χ1) is 7.07. The largest absolute Gasteiger partial charge is 0.391 e. The average Bonchev–Trinajstić information content (AvgIpc) is 2.70. The predicted molar refractivity (Wildman–Crippen MR) is 59.3 cm³/mol. The molecule has 5 heteroatoms. The highest BCUT2D eigenvalue weighted by molar-refractivity contribution is 7.91. The topological polar surface area (TPSA) is 54.4 Å². The van der Waals surface area contributed by atoms with Crippen molar-refractivity contribution in [2.75, 3.05) is 11.5 Å². The van der Waals surface area contributed by atoms with E-state index in [1.807, 2.05) is 16.8 Å². The normalized spacial score (nSPS) is 28.3. The first-order valence-electron chi connectivity index (χ1n) is 4.49. The van der Waals surface area contributed by atoms with Crippen molar-refractivity contribution in [1.82, 2.24) is 0 Å². The van der Waals surface area contributed by atoms with E-state index in [2.05, 4.69) is 11.8 Å². The molecule has 2 rings (SSSR count). The number of rotatable bonds is 0. The van der Waals surface area contributed by atoms with E-state index in [0.717, 1.165) is 5.56 Å². The lowest BCUT2D eigenvalue weighted by molar-refractivity contribution is 0.174. The fraction of sp³-hybridized carbons (Fsp3) is 0.400. The summed E-state index contributed by atoms with van der Waals surface area (Å²) in [4.78, 5) is 0. The maximum atomic E-state index is 11.2. The molecule has 0 unspecified atom stereocenters. The number of aliphatic hydroxyl groups excluding tert-OH is 1. The highest BCUT2D eigenvalue weighted by atomic mass is 32.2. The Morgan fingerprint density at radius 2 is 2.27 bits per heavy atom. The van der Waals surface area contributed by atoms with Crippen LogP contribution in [0, 0.1) is 17.8 Å². The van der Waals surface area contributed by atoms with E-state index in [-0.39, 0.29) is 11.5 Å². The predicted octanol–water partition coefficient (Wildman–Crippen LogP) is 0.505. The summed E-state index contributed by atoms with van der Waals surface area (Å²) in [5.41, 5.74) is 0.872. The van der Waals surface area contributed by atoms with Gasteiger partial charge in [-0.25, -0.2) is 8.42 Å². The standard InChI is InChI=1S/C10H10O3S2/c11-10-7-15(12,13)6-9(10)2-1-8-3-4-14-5-8/h3-5,9-11H,6-7H2/t9-,10-/m1/s1. The summed E-state index contributed by atoms with van der Waals surface area (Å²) in [5, 5.41) is 13.3. The lowest BCUT2D eigenvalue weighted by Crippen LogP contribution is -2.15. The molecule has 3 nitrogen and oxygen atoms in total. The molecule has 0 aliphatic carbocycles. The van der Waals surface area contributed by atoms with Gasteiger partial charge in [-0.15, -0.1) is 0 Å². The Morgan fingerprint density at radius 3 is 2.80 bits per heavy atom. The minimum absolute atomic E-state index is 0.0225. The van der Waals surface area contributed by atoms with Crippen LogP contribution >= 0.6 is 11.3 Å². The summed E-state index contributed by atoms with van der Waals surface area (Å²) in [6, 6.07) is 1.87. The van der Waals surface area contributed by atoms with E-state index >= 15 is 0 Å². The fourth-order valence-electron chi connectivity index (χ4n) is 1.48. The van der Waals surface area contributed by atoms with Gasteiger partial charge in [0.1, 0.15) is 0 Å². The highest BCUT2D eigenvalue weighted by Crippen LogP contribution is 2.18. The molecule has 15 heavy (non-hydrogen) atoms. The van der Waals surface area contributed by atoms with Gasteiger partial charge < -0.3 is 5.11 Å². The van der Waals surface area contributed by atoms with Gasteiger partial charge in [0.25, 0.3) is 0 Å². The van der Waals surface area contributed by atoms with E-state index in [4.69, 9.17) is 0 Å². The van der Waals surface area contributed by atoms with Crippen molar-refractivity contribution in [3.05, 3.63) is 22.4 Å². The molecule has 1 aromatic rings. The van der Waals surface area contributed by atoms with Crippen molar-refractivity contribution in [3.63, 3.8) is 0 Å². The summed E-state index contributed by atoms with van der Waals surface area (Å²) in [7, 11) is -3.09. The average molecular weight is 242 g/mol. The fourth-order valence-corrected chi connectivity index (χ4v) is 3.81. The van der Waals surface area contributed by atoms with Gasteiger partial charge in [-0.3, -0.25) is 0 Å². The van der Waals surface area contributed by atoms with Crippen LogP contribution in [0.4, 0.5) is 0 Å². The van der Waals surface area contributed by atoms with Crippen LogP contribution < -0.4 is 0 Å². The van der Waals surface area contributed by atoms with Crippen LogP contribution in [0.5, 0.6) is 0 Å². The van der Waals surface area contributed by atoms with Gasteiger partial charge in [0, 0.05) is 10.9 Å². The van der Waals surface area contributed by atoms with Crippen molar-refractivity contribution in [3.8, 4) is 11.8 Å². The lowest BCUT2D eigenvalue weighted by Gasteiger charge is -2.02. The van der Waals surface area contributed by atoms with Crippen LogP contribution in [0.25, 0.3) is 0 Å². The van der Waals surface area contributed by atoms with Crippen LogP contribution in [0.1, 0.15) is 5.56 Å². The van der Waals surface area contributed by atoms with Gasteiger partial charge in [0.2, 0.25) is 0 Å². The molecule has 0 amide bonds. The third kappa shape index (κ3) is 2.59. The van der Waals surface area contributed by atoms with E-state index in [0.29, 0.717) is 0 Å². The van der Waals surface area contributed by atoms with Crippen LogP contribution in [0.15, 0.2) is 16.8 Å². The third-order valence-corrected chi connectivity index (χ3v) is 4.65. The molecule has 0 bridgehead atoms. The molecule has 80 valence electrons. The molecule has 1 aliphatic heterocycles. The zero-order valence-electron chi connectivity index (χ0n) is 7.88. The van der Waals surface area contributed by atoms with Gasteiger partial charge in [-0.2, -0.15) is 11.3 Å². The Bertz CT molecular complexity index is 491. The van der Waals surface area contributed by atoms with Crippen LogP contribution in [0.2, 0.25) is 0 Å². The summed E-state index contributed by atoms with van der Waals surface area (Å²) in [6.07, 6.45) is -0.832. The van der Waals surface area contributed by atoms with Gasteiger partial charge in [0.15, 0.2) is 9.84 Å². The van der Waals surface area contributed by atoms with Crippen LogP contribution in [0.3, 0.4) is 0 Å². The smallest absolute Gasteiger partial charge is 0.154 e. The molecular weight excluding hydrogens is 232 g/mol. The zero-order chi connectivity index (χ0) is 10.9. The van der Waals surface area contributed by atoms with Crippen LogP contribution in [-0.4, -0.2) is 31.1 Å². The first-order valence-corrected chi connectivity index (χ1v) is 7.25. The maximum Gasteiger partial charge on any atom is 0.154 e. The Kier molecular flexibility index (Phi) is 2.83. The summed E-state index contributed by atoms with van der Waals surface area (Å²) in [5.74, 6) is 5.07. The van der Waals surface area contributed by atoms with E-state index in [9.17, 15) is 13.5 Å². The zero-order valence-corrected chi connectivity index (χ0v) is 9.51. The molecule has 0 radical (unpaired) electrons. The first kappa shape index (κ1) is 10.7. The number of hydrogen-bond acceptors (Lipinski definition) is 4.